The van der Waals surface area contributed by atoms with Gasteiger partial charge >= 0.3 is 5.97 Å². The normalized spacial score (nSPS) is 10.4. The molecule has 6 heteroatoms. The highest BCUT2D eigenvalue weighted by molar-refractivity contribution is 7.09. The van der Waals surface area contributed by atoms with E-state index in [0.717, 1.165) is 11.4 Å². The van der Waals surface area contributed by atoms with Gasteiger partial charge in [0.25, 0.3) is 0 Å². The average Bonchev–Trinajstić information content (AvgIpc) is 2.77. The van der Waals surface area contributed by atoms with Crippen LogP contribution in [0.1, 0.15) is 28.8 Å². The van der Waals surface area contributed by atoms with Crippen LogP contribution < -0.4 is 5.73 Å². The summed E-state index contributed by atoms with van der Waals surface area (Å²) in [5.41, 5.74) is 5.71. The minimum absolute atomic E-state index is 0.258. The lowest BCUT2D eigenvalue weighted by Gasteiger charge is -2.03. The zero-order valence-electron chi connectivity index (χ0n) is 9.27. The predicted octanol–water partition coefficient (Wildman–Crippen LogP) is 1.19. The van der Waals surface area contributed by atoms with Crippen molar-refractivity contribution in [3.63, 3.8) is 0 Å². The lowest BCUT2D eigenvalue weighted by molar-refractivity contribution is 0.0313. The number of carbonyl (C=O) groups is 1. The van der Waals surface area contributed by atoms with Gasteiger partial charge in [0, 0.05) is 18.5 Å². The number of ether oxygens (including phenoxy) is 2. The van der Waals surface area contributed by atoms with Crippen LogP contribution in [-0.4, -0.2) is 30.8 Å². The summed E-state index contributed by atoms with van der Waals surface area (Å²) in [6.07, 6.45) is 0.958. The number of esters is 1. The molecule has 1 rings (SSSR count). The van der Waals surface area contributed by atoms with Crippen LogP contribution in [-0.2, 0) is 16.0 Å². The fraction of sp³-hybridized carbons (Fsp3) is 0.600. The predicted molar refractivity (Wildman–Crippen MR) is 61.4 cm³/mol. The van der Waals surface area contributed by atoms with Gasteiger partial charge in [-0.2, -0.15) is 0 Å². The van der Waals surface area contributed by atoms with Crippen molar-refractivity contribution in [2.75, 3.05) is 19.8 Å². The minimum atomic E-state index is -0.420. The first-order chi connectivity index (χ1) is 7.77. The largest absolute Gasteiger partial charge is 0.458 e. The monoisotopic (exact) mass is 244 g/mol. The molecule has 0 atom stereocenters. The molecular weight excluding hydrogens is 228 g/mol. The van der Waals surface area contributed by atoms with Gasteiger partial charge in [-0.25, -0.2) is 9.78 Å². The molecule has 0 radical (unpaired) electrons. The van der Waals surface area contributed by atoms with Crippen LogP contribution in [0.5, 0.6) is 0 Å². The Morgan fingerprint density at radius 3 is 2.94 bits per heavy atom. The summed E-state index contributed by atoms with van der Waals surface area (Å²) in [6, 6.07) is 0. The fourth-order valence-corrected chi connectivity index (χ4v) is 1.66. The zero-order valence-corrected chi connectivity index (χ0v) is 10.1. The maximum atomic E-state index is 11.4. The molecule has 16 heavy (non-hydrogen) atoms. The van der Waals surface area contributed by atoms with Gasteiger partial charge in [0.15, 0.2) is 5.69 Å². The first kappa shape index (κ1) is 13.1. The highest BCUT2D eigenvalue weighted by Crippen LogP contribution is 2.09. The highest BCUT2D eigenvalue weighted by Gasteiger charge is 2.11. The molecule has 1 heterocycles. The standard InChI is InChI=1S/C10H16N2O3S/c1-2-3-14-4-5-15-10(13)8-7-16-9(6-11)12-8/h7H,2-6,11H2,1H3. The number of thiazole rings is 1. The van der Waals surface area contributed by atoms with Crippen LogP contribution in [0.15, 0.2) is 5.38 Å². The molecule has 0 aliphatic carbocycles. The van der Waals surface area contributed by atoms with Gasteiger partial charge in [-0.1, -0.05) is 6.92 Å². The highest BCUT2D eigenvalue weighted by atomic mass is 32.1. The summed E-state index contributed by atoms with van der Waals surface area (Å²) in [5, 5.41) is 2.38. The number of hydrogen-bond donors (Lipinski definition) is 1. The Labute approximate surface area is 98.6 Å². The zero-order chi connectivity index (χ0) is 11.8. The lowest BCUT2D eigenvalue weighted by Crippen LogP contribution is -2.11. The second-order valence-corrected chi connectivity index (χ2v) is 4.02. The van der Waals surface area contributed by atoms with Gasteiger partial charge in [-0.15, -0.1) is 11.3 Å². The van der Waals surface area contributed by atoms with Gasteiger partial charge in [0.1, 0.15) is 11.6 Å². The molecule has 0 saturated heterocycles. The van der Waals surface area contributed by atoms with E-state index in [1.54, 1.807) is 5.38 Å². The number of nitrogens with two attached hydrogens (primary N) is 1. The number of carbonyl (C=O) groups excluding carboxylic acids is 1. The van der Waals surface area contributed by atoms with E-state index in [2.05, 4.69) is 4.98 Å². The Balaban J connectivity index is 2.24. The molecule has 0 aromatic carbocycles. The second-order valence-electron chi connectivity index (χ2n) is 3.08. The van der Waals surface area contributed by atoms with Crippen molar-refractivity contribution in [2.45, 2.75) is 19.9 Å². The van der Waals surface area contributed by atoms with Crippen molar-refractivity contribution in [2.24, 2.45) is 5.73 Å². The molecule has 0 unspecified atom stereocenters. The van der Waals surface area contributed by atoms with Crippen molar-refractivity contribution >= 4 is 17.3 Å². The van der Waals surface area contributed by atoms with E-state index in [9.17, 15) is 4.79 Å². The molecule has 0 bridgehead atoms. The fourth-order valence-electron chi connectivity index (χ4n) is 1.01. The van der Waals surface area contributed by atoms with E-state index >= 15 is 0 Å². The smallest absolute Gasteiger partial charge is 0.357 e. The van der Waals surface area contributed by atoms with Gasteiger partial charge in [-0.3, -0.25) is 0 Å². The van der Waals surface area contributed by atoms with Crippen molar-refractivity contribution in [3.05, 3.63) is 16.1 Å². The molecule has 1 aromatic rings. The number of aromatic nitrogens is 1. The molecule has 0 aliphatic rings. The van der Waals surface area contributed by atoms with E-state index < -0.39 is 5.97 Å². The molecular formula is C10H16N2O3S. The first-order valence-corrected chi connectivity index (χ1v) is 6.05. The second kappa shape index (κ2) is 7.32. The minimum Gasteiger partial charge on any atom is -0.458 e. The van der Waals surface area contributed by atoms with Crippen LogP contribution in [0.4, 0.5) is 0 Å². The third-order valence-electron chi connectivity index (χ3n) is 1.74. The molecule has 0 spiro atoms. The molecule has 2 N–H and O–H groups in total. The first-order valence-electron chi connectivity index (χ1n) is 5.17. The van der Waals surface area contributed by atoms with Gasteiger partial charge < -0.3 is 15.2 Å². The quantitative estimate of drug-likeness (QED) is 0.576. The molecule has 0 saturated carbocycles. The number of hydrogen-bond acceptors (Lipinski definition) is 6. The van der Waals surface area contributed by atoms with E-state index in [0.29, 0.717) is 25.5 Å². The van der Waals surface area contributed by atoms with Crippen molar-refractivity contribution in [1.82, 2.24) is 4.98 Å². The Morgan fingerprint density at radius 2 is 2.31 bits per heavy atom. The Bertz CT molecular complexity index is 328. The van der Waals surface area contributed by atoms with E-state index in [-0.39, 0.29) is 6.61 Å². The van der Waals surface area contributed by atoms with Crippen LogP contribution in [0.25, 0.3) is 0 Å². The van der Waals surface area contributed by atoms with Crippen LogP contribution in [0.2, 0.25) is 0 Å². The summed E-state index contributed by atoms with van der Waals surface area (Å²) in [5.74, 6) is -0.420. The topological polar surface area (TPSA) is 74.4 Å². The summed E-state index contributed by atoms with van der Waals surface area (Å²) in [6.45, 7) is 3.74. The third-order valence-corrected chi connectivity index (χ3v) is 2.62. The van der Waals surface area contributed by atoms with Crippen molar-refractivity contribution in [1.29, 1.82) is 0 Å². The summed E-state index contributed by atoms with van der Waals surface area (Å²) < 4.78 is 10.2. The number of nitrogens with zero attached hydrogens (tertiary/aromatic N) is 1. The lowest BCUT2D eigenvalue weighted by atomic mass is 10.5. The van der Waals surface area contributed by atoms with Crippen molar-refractivity contribution < 1.29 is 14.3 Å². The average molecular weight is 244 g/mol. The molecule has 0 fully saturated rings. The SMILES string of the molecule is CCCOCCOC(=O)c1csc(CN)n1. The Hall–Kier alpha value is -0.980. The molecule has 90 valence electrons. The summed E-state index contributed by atoms with van der Waals surface area (Å²) in [7, 11) is 0. The summed E-state index contributed by atoms with van der Waals surface area (Å²) >= 11 is 1.36. The van der Waals surface area contributed by atoms with Gasteiger partial charge in [-0.05, 0) is 6.42 Å². The van der Waals surface area contributed by atoms with Crippen molar-refractivity contribution in [3.8, 4) is 0 Å². The molecule has 1 aromatic heterocycles. The molecule has 5 nitrogen and oxygen atoms in total. The molecule has 0 aliphatic heterocycles. The number of rotatable bonds is 7. The van der Waals surface area contributed by atoms with Crippen LogP contribution >= 0.6 is 11.3 Å². The maximum Gasteiger partial charge on any atom is 0.357 e. The maximum absolute atomic E-state index is 11.4. The van der Waals surface area contributed by atoms with Gasteiger partial charge in [0.05, 0.1) is 6.61 Å². The Kier molecular flexibility index (Phi) is 5.99. The Morgan fingerprint density at radius 1 is 1.50 bits per heavy atom. The van der Waals surface area contributed by atoms with Gasteiger partial charge in [0.2, 0.25) is 0 Å². The van der Waals surface area contributed by atoms with Crippen LogP contribution in [0.3, 0.4) is 0 Å². The summed E-state index contributed by atoms with van der Waals surface area (Å²) in [4.78, 5) is 15.5. The van der Waals surface area contributed by atoms with E-state index in [4.69, 9.17) is 15.2 Å². The third kappa shape index (κ3) is 4.26. The van der Waals surface area contributed by atoms with Crippen LogP contribution in [0, 0.1) is 0 Å². The van der Waals surface area contributed by atoms with E-state index in [1.165, 1.54) is 11.3 Å². The van der Waals surface area contributed by atoms with E-state index in [1.807, 2.05) is 6.92 Å². The molecule has 0 amide bonds.